The van der Waals surface area contributed by atoms with Gasteiger partial charge in [-0.15, -0.1) is 0 Å². The van der Waals surface area contributed by atoms with E-state index in [9.17, 15) is 9.18 Å². The molecule has 9 heteroatoms. The van der Waals surface area contributed by atoms with Crippen LogP contribution in [-0.2, 0) is 32.3 Å². The average molecular weight is 660 g/mol. The molecule has 2 aromatic carbocycles. The molecule has 1 saturated carbocycles. The number of fused-ring (bicyclic) bond motifs is 3. The van der Waals surface area contributed by atoms with Gasteiger partial charge in [0.05, 0.1) is 17.5 Å². The van der Waals surface area contributed by atoms with Gasteiger partial charge in [0.15, 0.2) is 0 Å². The van der Waals surface area contributed by atoms with Crippen molar-refractivity contribution in [3.05, 3.63) is 95.9 Å². The van der Waals surface area contributed by atoms with Crippen molar-refractivity contribution in [3.63, 3.8) is 0 Å². The molecular weight excluding hydrogens is 630 g/mol. The minimum atomic E-state index is -0.906. The smallest absolute Gasteiger partial charge is 0.676 e. The molecule has 0 saturated heterocycles. The largest absolute Gasteiger partial charge is 2.00 e. The maximum Gasteiger partial charge on any atom is 2.00 e. The van der Waals surface area contributed by atoms with Crippen molar-refractivity contribution < 1.29 is 40.8 Å². The summed E-state index contributed by atoms with van der Waals surface area (Å²) in [6, 6.07) is 17.4. The van der Waals surface area contributed by atoms with E-state index < -0.39 is 5.97 Å². The molecule has 35 heavy (non-hydrogen) atoms. The topological polar surface area (TPSA) is 142 Å². The molecule has 5 rings (SSSR count). The monoisotopic (exact) mass is 659 g/mol. The molecule has 1 aliphatic rings. The first-order valence-corrected chi connectivity index (χ1v) is 10.9. The van der Waals surface area contributed by atoms with Gasteiger partial charge in [0.2, 0.25) is 0 Å². The number of carboxylic acid groups (broad SMARTS) is 1. The van der Waals surface area contributed by atoms with Crippen molar-refractivity contribution in [2.45, 2.75) is 44.2 Å². The van der Waals surface area contributed by atoms with Crippen molar-refractivity contribution in [2.75, 3.05) is 0 Å². The van der Waals surface area contributed by atoms with Crippen LogP contribution in [0.3, 0.4) is 0 Å². The van der Waals surface area contributed by atoms with Crippen molar-refractivity contribution >= 4 is 27.8 Å². The van der Waals surface area contributed by atoms with Gasteiger partial charge in [0.25, 0.3) is 0 Å². The number of halogens is 1. The van der Waals surface area contributed by atoms with Crippen LogP contribution < -0.4 is 0 Å². The Morgan fingerprint density at radius 3 is 1.71 bits per heavy atom. The summed E-state index contributed by atoms with van der Waals surface area (Å²) in [5, 5.41) is 10.6. The number of aliphatic carboxylic acids is 1. The molecule has 0 spiro atoms. The fourth-order valence-corrected chi connectivity index (χ4v) is 3.59. The molecule has 2 heterocycles. The number of aromatic nitrogens is 2. The van der Waals surface area contributed by atoms with Crippen molar-refractivity contribution in [1.82, 2.24) is 9.97 Å². The summed E-state index contributed by atoms with van der Waals surface area (Å²) in [7, 11) is 0. The van der Waals surface area contributed by atoms with E-state index in [1.165, 1.54) is 37.1 Å². The van der Waals surface area contributed by atoms with Gasteiger partial charge < -0.3 is 22.1 Å². The zero-order chi connectivity index (χ0) is 23.6. The number of rotatable bonds is 2. The predicted octanol–water partition coefficient (Wildman–Crippen LogP) is 5.81. The van der Waals surface area contributed by atoms with Crippen LogP contribution in [-0.4, -0.2) is 38.6 Å². The number of hydrogen-bond acceptors (Lipinski definition) is 3. The minimum Gasteiger partial charge on any atom is -0.676 e. The van der Waals surface area contributed by atoms with E-state index in [0.29, 0.717) is 5.56 Å². The van der Waals surface area contributed by atoms with E-state index in [0.717, 1.165) is 34.6 Å². The zero-order valence-electron chi connectivity index (χ0n) is 19.1. The second-order valence-electron chi connectivity index (χ2n) is 7.91. The number of pyridine rings is 2. The molecule has 4 aromatic rings. The molecule has 188 valence electrons. The van der Waals surface area contributed by atoms with Gasteiger partial charge in [-0.05, 0) is 29.8 Å². The van der Waals surface area contributed by atoms with E-state index in [1.54, 1.807) is 12.4 Å². The van der Waals surface area contributed by atoms with E-state index >= 15 is 0 Å². The summed E-state index contributed by atoms with van der Waals surface area (Å²) < 4.78 is 12.3. The van der Waals surface area contributed by atoms with E-state index in [2.05, 4.69) is 34.2 Å². The van der Waals surface area contributed by atoms with Gasteiger partial charge in [-0.1, -0.05) is 62.1 Å². The molecule has 0 amide bonds. The first-order chi connectivity index (χ1) is 15.9. The Bertz CT molecular complexity index is 1130. The molecular formula is C26H29FN4O3Pt. The molecule has 2 atom stereocenters. The van der Waals surface area contributed by atoms with Crippen LogP contribution in [0.4, 0.5) is 4.39 Å². The molecule has 1 unspecified atom stereocenters. The van der Waals surface area contributed by atoms with E-state index in [-0.39, 0.29) is 50.9 Å². The number of nitrogens with one attached hydrogen (secondary N) is 2. The molecule has 0 bridgehead atoms. The first-order valence-electron chi connectivity index (χ1n) is 10.9. The maximum absolute atomic E-state index is 12.3. The molecule has 5 N–H and O–H groups in total. The Balaban J connectivity index is 0.000000265. The fraction of sp³-hybridized carbons (Fsp3) is 0.269. The summed E-state index contributed by atoms with van der Waals surface area (Å²) >= 11 is 0. The summed E-state index contributed by atoms with van der Waals surface area (Å²) in [6.45, 7) is 0. The zero-order valence-corrected chi connectivity index (χ0v) is 21.3. The number of benzene rings is 2. The van der Waals surface area contributed by atoms with Gasteiger partial charge in [0, 0.05) is 23.2 Å². The first kappa shape index (κ1) is 30.3. The molecule has 7 nitrogen and oxygen atoms in total. The molecule has 1 fully saturated rings. The predicted molar refractivity (Wildman–Crippen MR) is 133 cm³/mol. The molecule has 0 aliphatic heterocycles. The molecule has 0 radical (unpaired) electrons. The van der Waals surface area contributed by atoms with Crippen LogP contribution in [0.2, 0.25) is 0 Å². The van der Waals surface area contributed by atoms with Crippen LogP contribution in [0.15, 0.2) is 73.1 Å². The van der Waals surface area contributed by atoms with Crippen LogP contribution in [0, 0.1) is 5.82 Å². The van der Waals surface area contributed by atoms with Gasteiger partial charge in [-0.2, -0.15) is 12.1 Å². The van der Waals surface area contributed by atoms with Crippen LogP contribution in [0.25, 0.3) is 33.3 Å². The Morgan fingerprint density at radius 2 is 1.31 bits per heavy atom. The average Bonchev–Trinajstić information content (AvgIpc) is 2.83. The van der Waals surface area contributed by atoms with Crippen molar-refractivity contribution in [3.8, 4) is 0 Å². The third-order valence-electron chi connectivity index (χ3n) is 5.38. The normalized spacial score (nSPS) is 16.4. The number of nitrogens with zero attached hydrogens (tertiary/aromatic N) is 2. The second kappa shape index (κ2) is 15.3. The van der Waals surface area contributed by atoms with E-state index in [4.69, 9.17) is 16.6 Å². The van der Waals surface area contributed by atoms with E-state index in [1.807, 2.05) is 12.1 Å². The fourth-order valence-electron chi connectivity index (χ4n) is 3.59. The Hall–Kier alpha value is -2.77. The second-order valence-corrected chi connectivity index (χ2v) is 7.91. The summed E-state index contributed by atoms with van der Waals surface area (Å²) in [4.78, 5) is 18.9. The molecule has 2 aromatic heterocycles. The summed E-state index contributed by atoms with van der Waals surface area (Å²) in [6.07, 6.45) is 7.79. The third-order valence-corrected chi connectivity index (χ3v) is 5.38. The molecule has 1 aliphatic carbocycles. The van der Waals surface area contributed by atoms with Gasteiger partial charge in [0.1, 0.15) is 5.82 Å². The quantitative estimate of drug-likeness (QED) is 0.271. The number of carbonyl (C=O) groups is 1. The maximum atomic E-state index is 12.3. The van der Waals surface area contributed by atoms with Gasteiger partial charge in [-0.25, -0.2) is 4.39 Å². The third kappa shape index (κ3) is 9.42. The SMILES string of the molecule is O.O=C(O)Cc1ccc(F)cc1.[NH-]C1CCCC[C@@H]1[NH-].[Pt+2].c1cnc2c(c1)ccc1cccnc12. The standard InChI is InChI=1S/C12H8N2.C8H7FO2.C6H12N2.H2O.Pt/c1-3-9-5-6-10-4-2-8-14-12(10)11(9)13-7-1;9-7-3-1-6(2-4-7)5-8(10)11;7-5-3-1-2-4-6(5)8;;/h1-8H;1-4H,5H2,(H,10,11);5-8H,1-4H2;1H2;/q;;-2;;+2/t;;5-,6?;;/m..0../s1. The Kier molecular flexibility index (Phi) is 13.2. The summed E-state index contributed by atoms with van der Waals surface area (Å²) in [5.41, 5.74) is 17.1. The van der Waals surface area contributed by atoms with Crippen molar-refractivity contribution in [1.29, 1.82) is 0 Å². The van der Waals surface area contributed by atoms with Crippen molar-refractivity contribution in [2.24, 2.45) is 0 Å². The van der Waals surface area contributed by atoms with Crippen LogP contribution >= 0.6 is 0 Å². The Labute approximate surface area is 218 Å². The number of hydrogen-bond donors (Lipinski definition) is 1. The number of carboxylic acids is 1. The van der Waals surface area contributed by atoms with Gasteiger partial charge >= 0.3 is 27.0 Å². The summed E-state index contributed by atoms with van der Waals surface area (Å²) in [5.74, 6) is -1.25. The van der Waals surface area contributed by atoms with Gasteiger partial charge in [-0.3, -0.25) is 14.8 Å². The minimum absolute atomic E-state index is 0. The van der Waals surface area contributed by atoms with Crippen LogP contribution in [0.5, 0.6) is 0 Å². The van der Waals surface area contributed by atoms with Crippen LogP contribution in [0.1, 0.15) is 31.2 Å². The Morgan fingerprint density at radius 1 is 0.857 bits per heavy atom.